The maximum Gasteiger partial charge on any atom is 0.153 e. The van der Waals surface area contributed by atoms with Crippen molar-refractivity contribution in [2.75, 3.05) is 0 Å². The Morgan fingerprint density at radius 2 is 1.29 bits per heavy atom. The third-order valence-corrected chi connectivity index (χ3v) is 6.28. The Kier molecular flexibility index (Phi) is 3.89. The van der Waals surface area contributed by atoms with Crippen molar-refractivity contribution in [3.8, 4) is 44.6 Å². The van der Waals surface area contributed by atoms with Crippen molar-refractivity contribution in [2.45, 2.75) is 0 Å². The first kappa shape index (κ1) is 18.4. The van der Waals surface area contributed by atoms with Crippen LogP contribution in [0.3, 0.4) is 0 Å². The third-order valence-electron chi connectivity index (χ3n) is 6.28. The van der Waals surface area contributed by atoms with E-state index in [-0.39, 0.29) is 25.9 Å². The fourth-order valence-electron chi connectivity index (χ4n) is 5.02. The van der Waals surface area contributed by atoms with E-state index in [4.69, 9.17) is 4.98 Å². The van der Waals surface area contributed by atoms with Gasteiger partial charge in [0, 0.05) is 31.1 Å². The van der Waals surface area contributed by atoms with Crippen LogP contribution in [0.15, 0.2) is 84.9 Å². The van der Waals surface area contributed by atoms with Crippen LogP contribution >= 0.6 is 0 Å². The monoisotopic (exact) mass is 573 g/mol. The number of ketones is 1. The summed E-state index contributed by atoms with van der Waals surface area (Å²) in [7, 11) is 0. The number of carbonyl (C=O) groups is 1. The van der Waals surface area contributed by atoms with E-state index in [2.05, 4.69) is 54.6 Å². The number of hydrogen-bond donors (Lipinski definition) is 0. The summed E-state index contributed by atoms with van der Waals surface area (Å²) in [4.78, 5) is 18.2. The second-order valence-corrected chi connectivity index (χ2v) is 7.82. The molecule has 0 N–H and O–H groups in total. The molecule has 0 amide bonds. The molecule has 31 heavy (non-hydrogen) atoms. The molecule has 5 aromatic rings. The molecule has 1 aromatic heterocycles. The molecule has 147 valence electrons. The first-order valence-corrected chi connectivity index (χ1v) is 10.0. The summed E-state index contributed by atoms with van der Waals surface area (Å²) >= 11 is 0. The number of pyridine rings is 1. The smallest absolute Gasteiger partial charge is 0.153 e. The van der Waals surface area contributed by atoms with Gasteiger partial charge in [-0.1, -0.05) is 77.9 Å². The molecule has 0 aliphatic heterocycles. The van der Waals surface area contributed by atoms with E-state index in [1.807, 2.05) is 36.4 Å². The molecule has 0 bridgehead atoms. The number of nitrogens with zero attached hydrogens (tertiary/aromatic N) is 1. The van der Waals surface area contributed by atoms with Gasteiger partial charge in [0.1, 0.15) is 0 Å². The molecule has 0 saturated carbocycles. The molecule has 1 heterocycles. The van der Waals surface area contributed by atoms with Crippen LogP contribution in [0, 0.1) is 6.07 Å². The first-order chi connectivity index (χ1) is 14.8. The molecule has 0 unspecified atom stereocenters. The quantitative estimate of drug-likeness (QED) is 0.209. The van der Waals surface area contributed by atoms with Crippen molar-refractivity contribution in [1.82, 2.24) is 4.98 Å². The van der Waals surface area contributed by atoms with Crippen LogP contribution in [0.25, 0.3) is 55.5 Å². The number of fused-ring (bicyclic) bond motifs is 6. The molecule has 2 aliphatic rings. The van der Waals surface area contributed by atoms with Gasteiger partial charge < -0.3 is 0 Å². The van der Waals surface area contributed by atoms with Crippen LogP contribution in [0.5, 0.6) is 0 Å². The number of hydrogen-bond acceptors (Lipinski definition) is 2. The molecule has 0 saturated heterocycles. The predicted octanol–water partition coefficient (Wildman–Crippen LogP) is 6.56. The zero-order chi connectivity index (χ0) is 19.8. The summed E-state index contributed by atoms with van der Waals surface area (Å²) in [5.41, 5.74) is 10.8. The molecular formula is C28H14IrNO-. The average Bonchev–Trinajstić information content (AvgIpc) is 3.29. The molecule has 2 aliphatic carbocycles. The fourth-order valence-corrected chi connectivity index (χ4v) is 5.02. The number of rotatable bonds is 1. The summed E-state index contributed by atoms with van der Waals surface area (Å²) in [5, 5.41) is 1.18. The number of benzene rings is 4. The topological polar surface area (TPSA) is 30.0 Å². The van der Waals surface area contributed by atoms with E-state index in [1.165, 1.54) is 27.6 Å². The Morgan fingerprint density at radius 3 is 2.06 bits per heavy atom. The van der Waals surface area contributed by atoms with Crippen molar-refractivity contribution in [3.05, 3.63) is 102 Å². The second-order valence-electron chi connectivity index (χ2n) is 7.82. The van der Waals surface area contributed by atoms with Crippen LogP contribution in [-0.2, 0) is 20.1 Å². The minimum absolute atomic E-state index is 0. The predicted molar refractivity (Wildman–Crippen MR) is 119 cm³/mol. The molecule has 0 spiro atoms. The van der Waals surface area contributed by atoms with Crippen LogP contribution in [0.1, 0.15) is 15.9 Å². The largest absolute Gasteiger partial charge is 0.300 e. The Hall–Kier alpha value is -3.39. The van der Waals surface area contributed by atoms with Gasteiger partial charge >= 0.3 is 0 Å². The van der Waals surface area contributed by atoms with Gasteiger partial charge in [-0.25, -0.2) is 0 Å². The van der Waals surface area contributed by atoms with Crippen LogP contribution in [0.4, 0.5) is 0 Å². The second kappa shape index (κ2) is 6.55. The SMILES string of the molecule is O=C1c2ccccc2-c2cc[c-]c(-c3cc4c5c(cccc5n3)-c3ccccc3-4)c21.[Ir]. The Labute approximate surface area is 192 Å². The third kappa shape index (κ3) is 2.36. The maximum absolute atomic E-state index is 13.3. The van der Waals surface area contributed by atoms with Gasteiger partial charge in [0.05, 0.1) is 5.52 Å². The Bertz CT molecular complexity index is 1570. The van der Waals surface area contributed by atoms with Crippen molar-refractivity contribution < 1.29 is 24.9 Å². The Morgan fingerprint density at radius 1 is 0.645 bits per heavy atom. The van der Waals surface area contributed by atoms with Gasteiger partial charge in [-0.2, -0.15) is 0 Å². The Balaban J connectivity index is 0.00000185. The van der Waals surface area contributed by atoms with Gasteiger partial charge in [-0.05, 0) is 39.6 Å². The molecule has 1 radical (unpaired) electrons. The van der Waals surface area contributed by atoms with Crippen molar-refractivity contribution in [2.24, 2.45) is 0 Å². The molecule has 3 heteroatoms. The number of carbonyl (C=O) groups excluding carboxylic acids is 1. The zero-order valence-electron chi connectivity index (χ0n) is 16.3. The summed E-state index contributed by atoms with van der Waals surface area (Å²) < 4.78 is 0. The summed E-state index contributed by atoms with van der Waals surface area (Å²) in [6.45, 7) is 0. The van der Waals surface area contributed by atoms with Crippen LogP contribution in [0.2, 0.25) is 0 Å². The van der Waals surface area contributed by atoms with Gasteiger partial charge in [0.25, 0.3) is 0 Å². The van der Waals surface area contributed by atoms with Crippen LogP contribution < -0.4 is 0 Å². The maximum atomic E-state index is 13.3. The average molecular weight is 573 g/mol. The molecular weight excluding hydrogens is 559 g/mol. The summed E-state index contributed by atoms with van der Waals surface area (Å²) in [6, 6.07) is 31.9. The van der Waals surface area contributed by atoms with Crippen LogP contribution in [-0.4, -0.2) is 10.8 Å². The molecule has 2 nitrogen and oxygen atoms in total. The van der Waals surface area contributed by atoms with Crippen molar-refractivity contribution >= 4 is 16.7 Å². The van der Waals surface area contributed by atoms with E-state index in [1.54, 1.807) is 0 Å². The standard InChI is InChI=1S/C28H14NO.Ir/c30-28-21-10-4-3-9-18(21)20-11-5-13-22(27(20)28)25-15-23-17-8-2-1-7-16(17)19-12-6-14-24(29-25)26(19)23;/h1-12,14-15H;/q-1;. The summed E-state index contributed by atoms with van der Waals surface area (Å²) in [6.07, 6.45) is 0. The fraction of sp³-hybridized carbons (Fsp3) is 0. The minimum Gasteiger partial charge on any atom is -0.300 e. The van der Waals surface area contributed by atoms with Gasteiger partial charge in [0.2, 0.25) is 0 Å². The normalized spacial score (nSPS) is 12.3. The van der Waals surface area contributed by atoms with Gasteiger partial charge in [0.15, 0.2) is 5.78 Å². The van der Waals surface area contributed by atoms with Crippen molar-refractivity contribution in [3.63, 3.8) is 0 Å². The van der Waals surface area contributed by atoms with Crippen molar-refractivity contribution in [1.29, 1.82) is 0 Å². The first-order valence-electron chi connectivity index (χ1n) is 10.0. The van der Waals surface area contributed by atoms with Gasteiger partial charge in [-0.3, -0.25) is 9.78 Å². The molecule has 0 atom stereocenters. The molecule has 7 rings (SSSR count). The zero-order valence-corrected chi connectivity index (χ0v) is 18.7. The van der Waals surface area contributed by atoms with E-state index < -0.39 is 0 Å². The summed E-state index contributed by atoms with van der Waals surface area (Å²) in [5.74, 6) is 0.0555. The minimum atomic E-state index is 0. The van der Waals surface area contributed by atoms with E-state index in [0.717, 1.165) is 33.5 Å². The number of aromatic nitrogens is 1. The van der Waals surface area contributed by atoms with Gasteiger partial charge in [-0.15, -0.1) is 23.8 Å². The molecule has 4 aromatic carbocycles. The van der Waals surface area contributed by atoms with E-state index in [9.17, 15) is 4.79 Å². The van der Waals surface area contributed by atoms with E-state index >= 15 is 0 Å². The van der Waals surface area contributed by atoms with E-state index in [0.29, 0.717) is 5.56 Å². The molecule has 0 fully saturated rings.